The first kappa shape index (κ1) is 9.56. The molecule has 0 radical (unpaired) electrons. The highest BCUT2D eigenvalue weighted by molar-refractivity contribution is 5.39. The van der Waals surface area contributed by atoms with Crippen molar-refractivity contribution in [2.45, 2.75) is 13.0 Å². The van der Waals surface area contributed by atoms with E-state index in [-0.39, 0.29) is 0 Å². The van der Waals surface area contributed by atoms with Gasteiger partial charge in [0.15, 0.2) is 0 Å². The Morgan fingerprint density at radius 1 is 1.54 bits per heavy atom. The number of nitrogens with two attached hydrogens (primary N) is 1. The molecule has 0 spiro atoms. The predicted molar refractivity (Wildman–Crippen MR) is 50.3 cm³/mol. The summed E-state index contributed by atoms with van der Waals surface area (Å²) in [6.07, 6.45) is 0. The van der Waals surface area contributed by atoms with Crippen molar-refractivity contribution >= 4 is 0 Å². The molecule has 0 saturated heterocycles. The normalized spacial score (nSPS) is 11.8. The van der Waals surface area contributed by atoms with E-state index >= 15 is 0 Å². The van der Waals surface area contributed by atoms with Crippen molar-refractivity contribution < 1.29 is 4.74 Å². The van der Waals surface area contributed by atoms with Gasteiger partial charge < -0.3 is 10.5 Å². The number of hydrogen-bond donors (Lipinski definition) is 1. The van der Waals surface area contributed by atoms with Crippen molar-refractivity contribution in [2.75, 3.05) is 7.11 Å². The second kappa shape index (κ2) is 3.92. The largest absolute Gasteiger partial charge is 0.496 e. The third kappa shape index (κ3) is 1.98. The highest BCUT2D eigenvalue weighted by Crippen LogP contribution is 2.21. The summed E-state index contributed by atoms with van der Waals surface area (Å²) in [6.45, 7) is 1.94. The first-order valence-electron chi connectivity index (χ1n) is 3.98. The van der Waals surface area contributed by atoms with E-state index in [0.717, 1.165) is 16.9 Å². The van der Waals surface area contributed by atoms with Crippen LogP contribution >= 0.6 is 0 Å². The van der Waals surface area contributed by atoms with E-state index in [1.165, 1.54) is 0 Å². The molecule has 1 aromatic rings. The molecule has 0 aliphatic heterocycles. The van der Waals surface area contributed by atoms with Crippen LogP contribution in [0.3, 0.4) is 0 Å². The molecule has 0 aromatic heterocycles. The molecule has 0 amide bonds. The van der Waals surface area contributed by atoms with Crippen LogP contribution in [0.4, 0.5) is 0 Å². The van der Waals surface area contributed by atoms with E-state index in [0.29, 0.717) is 0 Å². The first-order valence-corrected chi connectivity index (χ1v) is 3.98. The van der Waals surface area contributed by atoms with Crippen molar-refractivity contribution in [1.82, 2.24) is 0 Å². The van der Waals surface area contributed by atoms with Gasteiger partial charge in [-0.25, -0.2) is 0 Å². The zero-order valence-electron chi connectivity index (χ0n) is 7.74. The maximum atomic E-state index is 8.61. The average Bonchev–Trinajstić information content (AvgIpc) is 2.17. The maximum absolute atomic E-state index is 8.61. The lowest BCUT2D eigenvalue weighted by Gasteiger charge is -2.08. The summed E-state index contributed by atoms with van der Waals surface area (Å²) >= 11 is 0. The molecule has 3 heteroatoms. The summed E-state index contributed by atoms with van der Waals surface area (Å²) in [4.78, 5) is 0. The summed E-state index contributed by atoms with van der Waals surface area (Å²) in [7, 11) is 1.60. The molecule has 13 heavy (non-hydrogen) atoms. The molecule has 0 saturated carbocycles. The Morgan fingerprint density at radius 3 is 2.77 bits per heavy atom. The molecule has 0 unspecified atom stereocenters. The van der Waals surface area contributed by atoms with Crippen LogP contribution in [0, 0.1) is 18.3 Å². The number of methoxy groups -OCH3 is 1. The topological polar surface area (TPSA) is 59.0 Å². The van der Waals surface area contributed by atoms with Crippen molar-refractivity contribution in [3.8, 4) is 11.8 Å². The summed E-state index contributed by atoms with van der Waals surface area (Å²) < 4.78 is 5.12. The van der Waals surface area contributed by atoms with E-state index in [9.17, 15) is 0 Å². The van der Waals surface area contributed by atoms with E-state index in [2.05, 4.69) is 0 Å². The SMILES string of the molecule is COc1cc([C@H](N)C#N)ccc1C. The van der Waals surface area contributed by atoms with Crippen LogP contribution in [0.1, 0.15) is 17.2 Å². The van der Waals surface area contributed by atoms with Gasteiger partial charge in [-0.3, -0.25) is 0 Å². The van der Waals surface area contributed by atoms with E-state index in [1.807, 2.05) is 25.1 Å². The molecule has 0 aliphatic carbocycles. The number of hydrogen-bond acceptors (Lipinski definition) is 3. The summed E-state index contributed by atoms with van der Waals surface area (Å²) in [5.41, 5.74) is 7.37. The highest BCUT2D eigenvalue weighted by atomic mass is 16.5. The van der Waals surface area contributed by atoms with E-state index in [4.69, 9.17) is 15.7 Å². The molecule has 0 fully saturated rings. The summed E-state index contributed by atoms with van der Waals surface area (Å²) in [6, 6.07) is 6.93. The lowest BCUT2D eigenvalue weighted by Crippen LogP contribution is -2.07. The number of nitriles is 1. The fourth-order valence-electron chi connectivity index (χ4n) is 1.10. The van der Waals surface area contributed by atoms with Gasteiger partial charge in [-0.1, -0.05) is 12.1 Å². The Bertz CT molecular complexity index is 341. The minimum absolute atomic E-state index is 0.575. The van der Waals surface area contributed by atoms with Crippen LogP contribution < -0.4 is 10.5 Å². The molecular formula is C10H12N2O. The molecule has 0 bridgehead atoms. The zero-order valence-corrected chi connectivity index (χ0v) is 7.74. The zero-order chi connectivity index (χ0) is 9.84. The minimum Gasteiger partial charge on any atom is -0.496 e. The smallest absolute Gasteiger partial charge is 0.122 e. The molecule has 3 nitrogen and oxygen atoms in total. The molecule has 1 aromatic carbocycles. The fourth-order valence-corrected chi connectivity index (χ4v) is 1.10. The van der Waals surface area contributed by atoms with Gasteiger partial charge in [0, 0.05) is 0 Å². The Labute approximate surface area is 77.7 Å². The highest BCUT2D eigenvalue weighted by Gasteiger charge is 2.06. The van der Waals surface area contributed by atoms with Gasteiger partial charge in [0.1, 0.15) is 11.8 Å². The standard InChI is InChI=1S/C10H12N2O/c1-7-3-4-8(9(12)6-11)5-10(7)13-2/h3-5,9H,12H2,1-2H3/t9-/m1/s1. The number of ether oxygens (including phenoxy) is 1. The molecular weight excluding hydrogens is 164 g/mol. The Morgan fingerprint density at radius 2 is 2.23 bits per heavy atom. The second-order valence-electron chi connectivity index (χ2n) is 2.84. The maximum Gasteiger partial charge on any atom is 0.122 e. The number of nitrogens with zero attached hydrogens (tertiary/aromatic N) is 1. The van der Waals surface area contributed by atoms with E-state index in [1.54, 1.807) is 13.2 Å². The Balaban J connectivity index is 3.08. The monoisotopic (exact) mass is 176 g/mol. The van der Waals surface area contributed by atoms with Crippen LogP contribution in [-0.2, 0) is 0 Å². The van der Waals surface area contributed by atoms with Crippen LogP contribution in [0.5, 0.6) is 5.75 Å². The third-order valence-corrected chi connectivity index (χ3v) is 1.93. The van der Waals surface area contributed by atoms with Crippen molar-refractivity contribution in [1.29, 1.82) is 5.26 Å². The summed E-state index contributed by atoms with van der Waals surface area (Å²) in [5.74, 6) is 0.767. The van der Waals surface area contributed by atoms with Crippen molar-refractivity contribution in [3.05, 3.63) is 29.3 Å². The van der Waals surface area contributed by atoms with Gasteiger partial charge in [0.25, 0.3) is 0 Å². The van der Waals surface area contributed by atoms with Crippen LogP contribution in [-0.4, -0.2) is 7.11 Å². The van der Waals surface area contributed by atoms with Crippen molar-refractivity contribution in [3.63, 3.8) is 0 Å². The molecule has 1 atom stereocenters. The molecule has 1 rings (SSSR count). The first-order chi connectivity index (χ1) is 6.19. The second-order valence-corrected chi connectivity index (χ2v) is 2.84. The van der Waals surface area contributed by atoms with Gasteiger partial charge in [-0.2, -0.15) is 5.26 Å². The van der Waals surface area contributed by atoms with Crippen LogP contribution in [0.2, 0.25) is 0 Å². The quantitative estimate of drug-likeness (QED) is 0.743. The molecule has 0 heterocycles. The van der Waals surface area contributed by atoms with Crippen LogP contribution in [0.25, 0.3) is 0 Å². The number of rotatable bonds is 2. The van der Waals surface area contributed by atoms with Crippen LogP contribution in [0.15, 0.2) is 18.2 Å². The number of benzene rings is 1. The molecule has 2 N–H and O–H groups in total. The molecule has 68 valence electrons. The van der Waals surface area contributed by atoms with Gasteiger partial charge in [-0.15, -0.1) is 0 Å². The molecule has 0 aliphatic rings. The lowest BCUT2D eigenvalue weighted by molar-refractivity contribution is 0.411. The van der Waals surface area contributed by atoms with Crippen molar-refractivity contribution in [2.24, 2.45) is 5.73 Å². The Hall–Kier alpha value is -1.53. The van der Waals surface area contributed by atoms with E-state index < -0.39 is 6.04 Å². The lowest BCUT2D eigenvalue weighted by atomic mass is 10.1. The fraction of sp³-hybridized carbons (Fsp3) is 0.300. The minimum atomic E-state index is -0.575. The average molecular weight is 176 g/mol. The third-order valence-electron chi connectivity index (χ3n) is 1.93. The van der Waals surface area contributed by atoms with Gasteiger partial charge in [0.05, 0.1) is 13.2 Å². The van der Waals surface area contributed by atoms with Gasteiger partial charge >= 0.3 is 0 Å². The summed E-state index contributed by atoms with van der Waals surface area (Å²) in [5, 5.41) is 8.61. The van der Waals surface area contributed by atoms with Gasteiger partial charge in [-0.05, 0) is 24.1 Å². The predicted octanol–water partition coefficient (Wildman–Crippen LogP) is 1.53. The Kier molecular flexibility index (Phi) is 2.88. The van der Waals surface area contributed by atoms with Gasteiger partial charge in [0.2, 0.25) is 0 Å². The number of aryl methyl sites for hydroxylation is 1.